The number of thiophene rings is 1. The second-order valence-corrected chi connectivity index (χ2v) is 4.82. The van der Waals surface area contributed by atoms with Gasteiger partial charge in [0.25, 0.3) is 5.91 Å². The predicted molar refractivity (Wildman–Crippen MR) is 62.8 cm³/mol. The third-order valence-electron chi connectivity index (χ3n) is 2.26. The lowest BCUT2D eigenvalue weighted by Gasteiger charge is -2.18. The molecule has 0 radical (unpaired) electrons. The van der Waals surface area contributed by atoms with Crippen LogP contribution in [0.2, 0.25) is 0 Å². The fourth-order valence-corrected chi connectivity index (χ4v) is 2.19. The normalized spacial score (nSPS) is 12.2. The first-order chi connectivity index (χ1) is 7.41. The Morgan fingerprint density at radius 1 is 1.56 bits per heavy atom. The number of rotatable bonds is 4. The van der Waals surface area contributed by atoms with Crippen molar-refractivity contribution < 1.29 is 14.7 Å². The molecular weight excluding hydrogens is 226 g/mol. The number of hydrogen-bond donors (Lipinski definition) is 1. The molecule has 1 N–H and O–H groups in total. The summed E-state index contributed by atoms with van der Waals surface area (Å²) in [5, 5.41) is 10.7. The van der Waals surface area contributed by atoms with E-state index in [9.17, 15) is 9.59 Å². The van der Waals surface area contributed by atoms with Gasteiger partial charge in [-0.1, -0.05) is 6.92 Å². The van der Waals surface area contributed by atoms with E-state index in [2.05, 4.69) is 0 Å². The van der Waals surface area contributed by atoms with Crippen LogP contribution in [0.25, 0.3) is 0 Å². The quantitative estimate of drug-likeness (QED) is 0.875. The molecule has 0 aliphatic heterocycles. The van der Waals surface area contributed by atoms with E-state index < -0.39 is 11.9 Å². The summed E-state index contributed by atoms with van der Waals surface area (Å²) in [6, 6.07) is 1.81. The molecule has 0 aliphatic carbocycles. The zero-order chi connectivity index (χ0) is 12.3. The van der Waals surface area contributed by atoms with Gasteiger partial charge in [-0.05, 0) is 23.9 Å². The first-order valence-electron chi connectivity index (χ1n) is 4.95. The highest BCUT2D eigenvalue weighted by Crippen LogP contribution is 2.16. The average molecular weight is 241 g/mol. The van der Waals surface area contributed by atoms with Crippen molar-refractivity contribution in [1.29, 1.82) is 0 Å². The molecule has 1 amide bonds. The molecule has 1 rings (SSSR count). The Morgan fingerprint density at radius 3 is 2.62 bits per heavy atom. The maximum absolute atomic E-state index is 11.9. The Balaban J connectivity index is 2.64. The van der Waals surface area contributed by atoms with E-state index >= 15 is 0 Å². The van der Waals surface area contributed by atoms with Gasteiger partial charge in [0.1, 0.15) is 0 Å². The Hall–Kier alpha value is -1.36. The lowest BCUT2D eigenvalue weighted by molar-refractivity contribution is -0.141. The zero-order valence-corrected chi connectivity index (χ0v) is 10.4. The number of carboxylic acid groups (broad SMARTS) is 1. The van der Waals surface area contributed by atoms with Crippen molar-refractivity contribution in [3.63, 3.8) is 0 Å². The van der Waals surface area contributed by atoms with E-state index in [0.717, 1.165) is 5.56 Å². The van der Waals surface area contributed by atoms with Crippen LogP contribution in [-0.2, 0) is 4.79 Å². The minimum absolute atomic E-state index is 0.119. The van der Waals surface area contributed by atoms with E-state index in [1.165, 1.54) is 16.2 Å². The van der Waals surface area contributed by atoms with Crippen molar-refractivity contribution in [3.05, 3.63) is 21.9 Å². The molecule has 1 atom stereocenters. The third kappa shape index (κ3) is 3.06. The van der Waals surface area contributed by atoms with E-state index in [-0.39, 0.29) is 12.5 Å². The summed E-state index contributed by atoms with van der Waals surface area (Å²) < 4.78 is 0. The smallest absolute Gasteiger partial charge is 0.308 e. The maximum Gasteiger partial charge on any atom is 0.308 e. The number of carbonyl (C=O) groups is 2. The Morgan fingerprint density at radius 2 is 2.19 bits per heavy atom. The van der Waals surface area contributed by atoms with Crippen molar-refractivity contribution in [2.24, 2.45) is 5.92 Å². The van der Waals surface area contributed by atoms with Crippen LogP contribution in [0.1, 0.15) is 22.2 Å². The molecule has 1 heterocycles. The lowest BCUT2D eigenvalue weighted by atomic mass is 10.2. The van der Waals surface area contributed by atoms with Crippen molar-refractivity contribution in [3.8, 4) is 0 Å². The molecule has 0 fully saturated rings. The summed E-state index contributed by atoms with van der Waals surface area (Å²) in [4.78, 5) is 24.6. The molecule has 16 heavy (non-hydrogen) atoms. The van der Waals surface area contributed by atoms with Gasteiger partial charge in [-0.3, -0.25) is 9.59 Å². The van der Waals surface area contributed by atoms with Crippen molar-refractivity contribution in [1.82, 2.24) is 4.90 Å². The molecular formula is C11H15NO3S. The van der Waals surface area contributed by atoms with Crippen LogP contribution in [0.4, 0.5) is 0 Å². The van der Waals surface area contributed by atoms with Gasteiger partial charge < -0.3 is 10.0 Å². The molecule has 88 valence electrons. The molecule has 1 aromatic rings. The maximum atomic E-state index is 11.9. The average Bonchev–Trinajstić information content (AvgIpc) is 2.63. The van der Waals surface area contributed by atoms with Crippen LogP contribution >= 0.6 is 11.3 Å². The Labute approximate surface area is 98.5 Å². The zero-order valence-electron chi connectivity index (χ0n) is 9.56. The summed E-state index contributed by atoms with van der Waals surface area (Å²) in [6.07, 6.45) is 0. The number of carboxylic acids is 1. The van der Waals surface area contributed by atoms with Crippen LogP contribution < -0.4 is 0 Å². The summed E-state index contributed by atoms with van der Waals surface area (Å²) in [5.74, 6) is -1.55. The summed E-state index contributed by atoms with van der Waals surface area (Å²) in [5.41, 5.74) is 1.05. The first kappa shape index (κ1) is 12.7. The SMILES string of the molecule is Cc1csc(C(=O)N(C)CC(C)C(=O)O)c1. The first-order valence-corrected chi connectivity index (χ1v) is 5.83. The number of amides is 1. The highest BCUT2D eigenvalue weighted by atomic mass is 32.1. The van der Waals surface area contributed by atoms with E-state index in [1.807, 2.05) is 18.4 Å². The van der Waals surface area contributed by atoms with Crippen LogP contribution in [0.3, 0.4) is 0 Å². The lowest BCUT2D eigenvalue weighted by Crippen LogP contribution is -2.33. The van der Waals surface area contributed by atoms with Gasteiger partial charge >= 0.3 is 5.97 Å². The van der Waals surface area contributed by atoms with Crippen molar-refractivity contribution in [2.75, 3.05) is 13.6 Å². The molecule has 5 heteroatoms. The highest BCUT2D eigenvalue weighted by molar-refractivity contribution is 7.12. The number of carbonyl (C=O) groups excluding carboxylic acids is 1. The van der Waals surface area contributed by atoms with Gasteiger partial charge in [-0.2, -0.15) is 0 Å². The van der Waals surface area contributed by atoms with Gasteiger partial charge in [0.15, 0.2) is 0 Å². The van der Waals surface area contributed by atoms with Gasteiger partial charge in [0.05, 0.1) is 10.8 Å². The van der Waals surface area contributed by atoms with E-state index in [0.29, 0.717) is 4.88 Å². The fraction of sp³-hybridized carbons (Fsp3) is 0.455. The van der Waals surface area contributed by atoms with Crippen LogP contribution in [0.15, 0.2) is 11.4 Å². The monoisotopic (exact) mass is 241 g/mol. The van der Waals surface area contributed by atoms with Gasteiger partial charge in [-0.15, -0.1) is 11.3 Å². The Bertz CT molecular complexity index is 400. The predicted octanol–water partition coefficient (Wildman–Crippen LogP) is 1.85. The molecule has 0 saturated carbocycles. The molecule has 0 saturated heterocycles. The number of aliphatic carboxylic acids is 1. The largest absolute Gasteiger partial charge is 0.481 e. The standard InChI is InChI=1S/C11H15NO3S/c1-7-4-9(16-6-7)10(13)12(3)5-8(2)11(14)15/h4,6,8H,5H2,1-3H3,(H,14,15). The van der Waals surface area contributed by atoms with Gasteiger partial charge in [0, 0.05) is 13.6 Å². The molecule has 0 spiro atoms. The molecule has 0 bridgehead atoms. The van der Waals surface area contributed by atoms with E-state index in [4.69, 9.17) is 5.11 Å². The topological polar surface area (TPSA) is 57.6 Å². The molecule has 0 aliphatic rings. The summed E-state index contributed by atoms with van der Waals surface area (Å²) in [7, 11) is 1.62. The minimum Gasteiger partial charge on any atom is -0.481 e. The summed E-state index contributed by atoms with van der Waals surface area (Å²) in [6.45, 7) is 3.74. The summed E-state index contributed by atoms with van der Waals surface area (Å²) >= 11 is 1.38. The number of nitrogens with zero attached hydrogens (tertiary/aromatic N) is 1. The Kier molecular flexibility index (Phi) is 4.06. The van der Waals surface area contributed by atoms with Gasteiger partial charge in [-0.25, -0.2) is 0 Å². The van der Waals surface area contributed by atoms with E-state index in [1.54, 1.807) is 14.0 Å². The third-order valence-corrected chi connectivity index (χ3v) is 3.29. The second kappa shape index (κ2) is 5.12. The van der Waals surface area contributed by atoms with Crippen molar-refractivity contribution >= 4 is 23.2 Å². The number of aryl methyl sites for hydroxylation is 1. The second-order valence-electron chi connectivity index (χ2n) is 3.91. The molecule has 4 nitrogen and oxygen atoms in total. The van der Waals surface area contributed by atoms with Crippen LogP contribution in [-0.4, -0.2) is 35.5 Å². The number of hydrogen-bond acceptors (Lipinski definition) is 3. The molecule has 1 aromatic heterocycles. The molecule has 0 aromatic carbocycles. The molecule has 1 unspecified atom stereocenters. The van der Waals surface area contributed by atoms with Crippen molar-refractivity contribution in [2.45, 2.75) is 13.8 Å². The van der Waals surface area contributed by atoms with Crippen LogP contribution in [0, 0.1) is 12.8 Å². The van der Waals surface area contributed by atoms with Crippen LogP contribution in [0.5, 0.6) is 0 Å². The highest BCUT2D eigenvalue weighted by Gasteiger charge is 2.19. The minimum atomic E-state index is -0.887. The fourth-order valence-electron chi connectivity index (χ4n) is 1.30. The van der Waals surface area contributed by atoms with Gasteiger partial charge in [0.2, 0.25) is 0 Å².